The molecule has 0 atom stereocenters. The maximum atomic E-state index is 11.4. The van der Waals surface area contributed by atoms with Gasteiger partial charge in [0.25, 0.3) is 0 Å². The molecule has 0 saturated heterocycles. The molecule has 1 aliphatic rings. The van der Waals surface area contributed by atoms with Gasteiger partial charge in [0, 0.05) is 11.0 Å². The topological polar surface area (TPSA) is 112 Å². The summed E-state index contributed by atoms with van der Waals surface area (Å²) in [4.78, 5) is 4.29. The van der Waals surface area contributed by atoms with Crippen molar-refractivity contribution in [1.82, 2.24) is 19.8 Å². The van der Waals surface area contributed by atoms with Gasteiger partial charge in [-0.25, -0.2) is 18.5 Å². The average molecular weight is 367 g/mol. The molecule has 2 aromatic rings. The summed E-state index contributed by atoms with van der Waals surface area (Å²) >= 11 is 0. The van der Waals surface area contributed by atoms with Gasteiger partial charge in [0.2, 0.25) is 15.9 Å². The highest BCUT2D eigenvalue weighted by molar-refractivity contribution is 7.89. The van der Waals surface area contributed by atoms with Gasteiger partial charge in [0.15, 0.2) is 5.65 Å². The van der Waals surface area contributed by atoms with Crippen LogP contribution in [0.5, 0.6) is 5.88 Å². The number of aryl methyl sites for hydroxylation is 2. The minimum atomic E-state index is -3.47. The summed E-state index contributed by atoms with van der Waals surface area (Å²) < 4.78 is 30.3. The lowest BCUT2D eigenvalue weighted by molar-refractivity contribution is 0.0889. The van der Waals surface area contributed by atoms with E-state index in [1.807, 2.05) is 19.9 Å². The Morgan fingerprint density at radius 1 is 1.24 bits per heavy atom. The van der Waals surface area contributed by atoms with E-state index in [4.69, 9.17) is 9.88 Å². The molecule has 0 unspecified atom stereocenters. The highest BCUT2D eigenvalue weighted by Crippen LogP contribution is 2.40. The second-order valence-corrected chi connectivity index (χ2v) is 8.84. The van der Waals surface area contributed by atoms with Crippen LogP contribution in [0, 0.1) is 19.3 Å². The van der Waals surface area contributed by atoms with Crippen molar-refractivity contribution < 1.29 is 13.2 Å². The summed E-state index contributed by atoms with van der Waals surface area (Å²) in [5.41, 5.74) is 1.41. The zero-order valence-electron chi connectivity index (χ0n) is 14.7. The monoisotopic (exact) mass is 367 g/mol. The fraction of sp³-hybridized carbons (Fsp3) is 0.688. The molecule has 0 bridgehead atoms. The van der Waals surface area contributed by atoms with Crippen molar-refractivity contribution in [3.63, 3.8) is 0 Å². The van der Waals surface area contributed by atoms with Crippen LogP contribution in [-0.2, 0) is 10.0 Å². The van der Waals surface area contributed by atoms with Crippen LogP contribution in [0.15, 0.2) is 6.07 Å². The number of nitrogens with zero attached hydrogens (tertiary/aromatic N) is 4. The summed E-state index contributed by atoms with van der Waals surface area (Å²) in [5.74, 6) is 1.16. The first-order chi connectivity index (χ1) is 11.8. The molecule has 8 nitrogen and oxygen atoms in total. The number of hydrogen-bond acceptors (Lipinski definition) is 6. The van der Waals surface area contributed by atoms with Crippen LogP contribution in [0.3, 0.4) is 0 Å². The summed E-state index contributed by atoms with van der Waals surface area (Å²) in [6.45, 7) is 4.18. The number of nitrogens with two attached hydrogens (primary N) is 1. The minimum Gasteiger partial charge on any atom is -0.476 e. The molecule has 0 spiro atoms. The number of primary sulfonamides is 1. The lowest BCUT2D eigenvalue weighted by Gasteiger charge is -2.36. The van der Waals surface area contributed by atoms with Crippen LogP contribution in [0.1, 0.15) is 49.9 Å². The van der Waals surface area contributed by atoms with Crippen LogP contribution in [-0.4, -0.2) is 40.6 Å². The number of sulfonamides is 1. The molecule has 9 heteroatoms. The van der Waals surface area contributed by atoms with E-state index in [1.54, 1.807) is 0 Å². The van der Waals surface area contributed by atoms with Crippen LogP contribution in [0.25, 0.3) is 5.65 Å². The largest absolute Gasteiger partial charge is 0.476 e. The molecule has 2 N–H and O–H groups in total. The van der Waals surface area contributed by atoms with E-state index in [9.17, 15) is 8.42 Å². The molecule has 1 aliphatic carbocycles. The zero-order valence-corrected chi connectivity index (χ0v) is 15.5. The maximum Gasteiger partial charge on any atom is 0.236 e. The van der Waals surface area contributed by atoms with Gasteiger partial charge in [-0.05, 0) is 39.2 Å². The van der Waals surface area contributed by atoms with Gasteiger partial charge in [0.05, 0.1) is 12.4 Å². The zero-order chi connectivity index (χ0) is 18.1. The molecule has 1 fully saturated rings. The van der Waals surface area contributed by atoms with E-state index < -0.39 is 10.0 Å². The standard InChI is InChI=1S/C16H25N5O3S/c1-12-10-14-18-13(2)19-21(14)20-15(12)24-11-16(6-4-3-5-7-16)8-9-25(17,22)23/h10H,3-9,11H2,1-2H3,(H2,17,22,23). The van der Waals surface area contributed by atoms with Crippen LogP contribution in [0.4, 0.5) is 0 Å². The van der Waals surface area contributed by atoms with Gasteiger partial charge in [-0.2, -0.15) is 0 Å². The molecule has 138 valence electrons. The van der Waals surface area contributed by atoms with Crippen LogP contribution < -0.4 is 9.88 Å². The van der Waals surface area contributed by atoms with Crippen molar-refractivity contribution in [3.05, 3.63) is 17.5 Å². The Bertz CT molecular complexity index is 856. The Hall–Kier alpha value is -1.74. The van der Waals surface area contributed by atoms with Crippen molar-refractivity contribution in [3.8, 4) is 5.88 Å². The summed E-state index contributed by atoms with van der Waals surface area (Å²) in [7, 11) is -3.47. The van der Waals surface area contributed by atoms with Gasteiger partial charge in [-0.1, -0.05) is 19.3 Å². The Labute approximate surface area is 147 Å². The number of fused-ring (bicyclic) bond motifs is 1. The van der Waals surface area contributed by atoms with Crippen molar-refractivity contribution in [2.45, 2.75) is 52.4 Å². The smallest absolute Gasteiger partial charge is 0.236 e. The van der Waals surface area contributed by atoms with Crippen LogP contribution >= 0.6 is 0 Å². The highest BCUT2D eigenvalue weighted by Gasteiger charge is 2.34. The Morgan fingerprint density at radius 3 is 2.64 bits per heavy atom. The van der Waals surface area contributed by atoms with Crippen molar-refractivity contribution in [2.75, 3.05) is 12.4 Å². The van der Waals surface area contributed by atoms with Crippen molar-refractivity contribution in [1.29, 1.82) is 0 Å². The fourth-order valence-corrected chi connectivity index (χ4v) is 4.21. The number of aromatic nitrogens is 4. The SMILES string of the molecule is Cc1nc2cc(C)c(OCC3(CCS(N)(=O)=O)CCCCC3)nn2n1. The molecule has 3 rings (SSSR count). The number of rotatable bonds is 6. The molecule has 2 heterocycles. The van der Waals surface area contributed by atoms with Gasteiger partial charge in [-0.3, -0.25) is 0 Å². The summed E-state index contributed by atoms with van der Waals surface area (Å²) in [6, 6.07) is 1.89. The molecule has 0 aliphatic heterocycles. The van der Waals surface area contributed by atoms with E-state index in [0.29, 0.717) is 30.4 Å². The van der Waals surface area contributed by atoms with E-state index in [2.05, 4.69) is 15.2 Å². The first-order valence-corrected chi connectivity index (χ1v) is 10.3. The second kappa shape index (κ2) is 6.87. The predicted octanol–water partition coefficient (Wildman–Crippen LogP) is 1.75. The van der Waals surface area contributed by atoms with Crippen molar-refractivity contribution in [2.24, 2.45) is 10.6 Å². The highest BCUT2D eigenvalue weighted by atomic mass is 32.2. The van der Waals surface area contributed by atoms with Gasteiger partial charge < -0.3 is 4.74 Å². The molecule has 0 amide bonds. The molecular weight excluding hydrogens is 342 g/mol. The quantitative estimate of drug-likeness (QED) is 0.832. The third kappa shape index (κ3) is 4.46. The maximum absolute atomic E-state index is 11.4. The summed E-state index contributed by atoms with van der Waals surface area (Å²) in [5, 5.41) is 13.8. The Balaban J connectivity index is 1.77. The third-order valence-electron chi connectivity index (χ3n) is 4.94. The van der Waals surface area contributed by atoms with Crippen LogP contribution in [0.2, 0.25) is 0 Å². The Kier molecular flexibility index (Phi) is 4.97. The molecule has 25 heavy (non-hydrogen) atoms. The van der Waals surface area contributed by atoms with E-state index in [1.165, 1.54) is 11.1 Å². The van der Waals surface area contributed by atoms with Gasteiger partial charge in [-0.15, -0.1) is 14.8 Å². The normalized spacial score (nSPS) is 17.7. The predicted molar refractivity (Wildman–Crippen MR) is 93.9 cm³/mol. The van der Waals surface area contributed by atoms with E-state index in [-0.39, 0.29) is 11.2 Å². The molecule has 2 aromatic heterocycles. The van der Waals surface area contributed by atoms with E-state index >= 15 is 0 Å². The number of hydrogen-bond donors (Lipinski definition) is 1. The summed E-state index contributed by atoms with van der Waals surface area (Å²) in [6.07, 6.45) is 5.77. The minimum absolute atomic E-state index is 0.00984. The Morgan fingerprint density at radius 2 is 1.96 bits per heavy atom. The fourth-order valence-electron chi connectivity index (χ4n) is 3.50. The molecular formula is C16H25N5O3S. The van der Waals surface area contributed by atoms with Gasteiger partial charge >= 0.3 is 0 Å². The molecule has 1 saturated carbocycles. The lowest BCUT2D eigenvalue weighted by atomic mass is 9.73. The molecule has 0 radical (unpaired) electrons. The molecule has 0 aromatic carbocycles. The first-order valence-electron chi connectivity index (χ1n) is 8.61. The van der Waals surface area contributed by atoms with E-state index in [0.717, 1.165) is 31.2 Å². The number of ether oxygens (including phenoxy) is 1. The third-order valence-corrected chi connectivity index (χ3v) is 5.71. The first kappa shape index (κ1) is 18.1. The average Bonchev–Trinajstić information content (AvgIpc) is 2.90. The second-order valence-electron chi connectivity index (χ2n) is 7.11. The lowest BCUT2D eigenvalue weighted by Crippen LogP contribution is -2.34. The van der Waals surface area contributed by atoms with Crippen molar-refractivity contribution >= 4 is 15.7 Å². The van der Waals surface area contributed by atoms with Gasteiger partial charge in [0.1, 0.15) is 5.82 Å².